The Balaban J connectivity index is 2.22. The minimum atomic E-state index is -0.000602. The van der Waals surface area contributed by atoms with Crippen LogP contribution in [0.25, 0.3) is 0 Å². The molecule has 0 bridgehead atoms. The molecule has 2 rings (SSSR count). The third-order valence-corrected chi connectivity index (χ3v) is 4.18. The van der Waals surface area contributed by atoms with Gasteiger partial charge in [0, 0.05) is 30.5 Å². The summed E-state index contributed by atoms with van der Waals surface area (Å²) in [5, 5.41) is 9.39. The molecule has 1 saturated carbocycles. The van der Waals surface area contributed by atoms with Gasteiger partial charge >= 0.3 is 0 Å². The van der Waals surface area contributed by atoms with Gasteiger partial charge in [-0.1, -0.05) is 25.4 Å². The van der Waals surface area contributed by atoms with E-state index in [4.69, 9.17) is 16.7 Å². The van der Waals surface area contributed by atoms with E-state index in [0.29, 0.717) is 29.7 Å². The Labute approximate surface area is 131 Å². The maximum atomic E-state index is 12.8. The molecule has 21 heavy (non-hydrogen) atoms. The molecule has 1 aliphatic carbocycles. The van der Waals surface area contributed by atoms with Gasteiger partial charge in [0.25, 0.3) is 5.91 Å². The second-order valence-corrected chi connectivity index (χ2v) is 6.31. The number of halogens is 1. The Morgan fingerprint density at radius 1 is 1.48 bits per heavy atom. The Morgan fingerprint density at radius 3 is 2.71 bits per heavy atom. The van der Waals surface area contributed by atoms with Crippen LogP contribution in [0.3, 0.4) is 0 Å². The molecular weight excluding hydrogens is 288 g/mol. The van der Waals surface area contributed by atoms with E-state index < -0.39 is 0 Å². The van der Waals surface area contributed by atoms with Crippen LogP contribution in [0.1, 0.15) is 61.5 Å². The Kier molecular flexibility index (Phi) is 5.59. The van der Waals surface area contributed by atoms with Crippen molar-refractivity contribution in [2.24, 2.45) is 0 Å². The molecule has 5 heteroatoms. The van der Waals surface area contributed by atoms with Crippen LogP contribution >= 0.6 is 11.6 Å². The molecular formula is C16H23ClN2O2. The number of carbonyl (C=O) groups is 1. The summed E-state index contributed by atoms with van der Waals surface area (Å²) >= 11 is 6.05. The molecule has 0 aliphatic heterocycles. The molecule has 1 aromatic rings. The van der Waals surface area contributed by atoms with E-state index in [2.05, 4.69) is 4.98 Å². The van der Waals surface area contributed by atoms with Crippen molar-refractivity contribution in [1.29, 1.82) is 0 Å². The van der Waals surface area contributed by atoms with Crippen LogP contribution in [-0.2, 0) is 0 Å². The van der Waals surface area contributed by atoms with Crippen LogP contribution in [0.4, 0.5) is 0 Å². The highest BCUT2D eigenvalue weighted by Gasteiger charge is 2.29. The van der Waals surface area contributed by atoms with Crippen molar-refractivity contribution in [2.75, 3.05) is 13.2 Å². The summed E-state index contributed by atoms with van der Waals surface area (Å²) in [6.45, 7) is 4.76. The highest BCUT2D eigenvalue weighted by atomic mass is 35.5. The molecule has 0 radical (unpaired) electrons. The van der Waals surface area contributed by atoms with Crippen LogP contribution in [0.2, 0.25) is 5.15 Å². The fourth-order valence-corrected chi connectivity index (χ4v) is 2.71. The molecule has 1 aliphatic rings. The summed E-state index contributed by atoms with van der Waals surface area (Å²) in [6.07, 6.45) is 3.88. The third-order valence-electron chi connectivity index (χ3n) is 3.99. The minimum Gasteiger partial charge on any atom is -0.396 e. The largest absolute Gasteiger partial charge is 0.396 e. The first-order valence-corrected chi connectivity index (χ1v) is 8.00. The summed E-state index contributed by atoms with van der Waals surface area (Å²) in [4.78, 5) is 18.9. The lowest BCUT2D eigenvalue weighted by Gasteiger charge is -2.37. The molecule has 0 spiro atoms. The second kappa shape index (κ2) is 7.23. The zero-order valence-corrected chi connectivity index (χ0v) is 13.4. The zero-order chi connectivity index (χ0) is 15.4. The number of hydrogen-bond donors (Lipinski definition) is 1. The van der Waals surface area contributed by atoms with Crippen molar-refractivity contribution in [3.63, 3.8) is 0 Å². The van der Waals surface area contributed by atoms with E-state index in [9.17, 15) is 4.79 Å². The van der Waals surface area contributed by atoms with Gasteiger partial charge in [0.15, 0.2) is 0 Å². The van der Waals surface area contributed by atoms with E-state index in [0.717, 1.165) is 18.5 Å². The topological polar surface area (TPSA) is 53.4 Å². The molecule has 1 heterocycles. The predicted octanol–water partition coefficient (Wildman–Crippen LogP) is 3.24. The maximum absolute atomic E-state index is 12.8. The molecule has 1 N–H and O–H groups in total. The van der Waals surface area contributed by atoms with E-state index in [1.807, 2.05) is 24.8 Å². The molecule has 0 aromatic carbocycles. The van der Waals surface area contributed by atoms with Crippen molar-refractivity contribution >= 4 is 17.5 Å². The van der Waals surface area contributed by atoms with Gasteiger partial charge in [-0.2, -0.15) is 0 Å². The molecule has 4 nitrogen and oxygen atoms in total. The second-order valence-electron chi connectivity index (χ2n) is 5.92. The average Bonchev–Trinajstić information content (AvgIpc) is 2.39. The number of pyridine rings is 1. The van der Waals surface area contributed by atoms with Gasteiger partial charge in [0.05, 0.1) is 0 Å². The smallest absolute Gasteiger partial charge is 0.254 e. The number of rotatable bonds is 6. The minimum absolute atomic E-state index is 0.000602. The van der Waals surface area contributed by atoms with Gasteiger partial charge in [-0.25, -0.2) is 4.98 Å². The standard InChI is InChI=1S/C16H23ClN2O2/c1-11(2)14-9-12(10-15(17)18-14)16(21)19(7-4-8-20)13-5-3-6-13/h9-11,13,20H,3-8H2,1-2H3. The third kappa shape index (κ3) is 3.95. The summed E-state index contributed by atoms with van der Waals surface area (Å²) in [5.41, 5.74) is 1.44. The molecule has 116 valence electrons. The number of carbonyl (C=O) groups excluding carboxylic acids is 1. The van der Waals surface area contributed by atoms with E-state index in [-0.39, 0.29) is 18.4 Å². The SMILES string of the molecule is CC(C)c1cc(C(=O)N(CCCO)C2CCC2)cc(Cl)n1. The van der Waals surface area contributed by atoms with Crippen LogP contribution in [0.5, 0.6) is 0 Å². The first-order valence-electron chi connectivity index (χ1n) is 7.62. The van der Waals surface area contributed by atoms with Gasteiger partial charge in [-0.05, 0) is 43.7 Å². The molecule has 1 amide bonds. The van der Waals surface area contributed by atoms with Gasteiger partial charge in [0.1, 0.15) is 5.15 Å². The van der Waals surface area contributed by atoms with Crippen molar-refractivity contribution in [1.82, 2.24) is 9.88 Å². The maximum Gasteiger partial charge on any atom is 0.254 e. The van der Waals surface area contributed by atoms with Crippen molar-refractivity contribution in [2.45, 2.75) is 51.5 Å². The lowest BCUT2D eigenvalue weighted by Crippen LogP contribution is -2.45. The van der Waals surface area contributed by atoms with Gasteiger partial charge in [-0.15, -0.1) is 0 Å². The van der Waals surface area contributed by atoms with E-state index in [1.165, 1.54) is 6.42 Å². The summed E-state index contributed by atoms with van der Waals surface area (Å²) in [6, 6.07) is 3.78. The molecule has 0 saturated heterocycles. The van der Waals surface area contributed by atoms with Gasteiger partial charge in [-0.3, -0.25) is 4.79 Å². The first-order chi connectivity index (χ1) is 10.0. The molecule has 0 atom stereocenters. The lowest BCUT2D eigenvalue weighted by molar-refractivity contribution is 0.0562. The quantitative estimate of drug-likeness (QED) is 0.821. The van der Waals surface area contributed by atoms with Crippen LogP contribution < -0.4 is 0 Å². The van der Waals surface area contributed by atoms with Crippen molar-refractivity contribution < 1.29 is 9.90 Å². The van der Waals surface area contributed by atoms with E-state index in [1.54, 1.807) is 6.07 Å². The lowest BCUT2D eigenvalue weighted by atomic mass is 9.90. The zero-order valence-electron chi connectivity index (χ0n) is 12.7. The van der Waals surface area contributed by atoms with Crippen LogP contribution in [0, 0.1) is 0 Å². The van der Waals surface area contributed by atoms with Crippen molar-refractivity contribution in [3.8, 4) is 0 Å². The number of aliphatic hydroxyl groups is 1. The summed E-state index contributed by atoms with van der Waals surface area (Å²) in [7, 11) is 0. The summed E-state index contributed by atoms with van der Waals surface area (Å²) < 4.78 is 0. The molecule has 1 fully saturated rings. The monoisotopic (exact) mass is 310 g/mol. The average molecular weight is 311 g/mol. The number of amides is 1. The summed E-state index contributed by atoms with van der Waals surface area (Å²) in [5.74, 6) is 0.226. The number of aliphatic hydroxyl groups excluding tert-OH is 1. The number of hydrogen-bond acceptors (Lipinski definition) is 3. The number of aromatic nitrogens is 1. The van der Waals surface area contributed by atoms with Crippen LogP contribution in [-0.4, -0.2) is 40.1 Å². The Bertz CT molecular complexity index is 501. The highest BCUT2D eigenvalue weighted by molar-refractivity contribution is 6.29. The van der Waals surface area contributed by atoms with E-state index >= 15 is 0 Å². The Hall–Kier alpha value is -1.13. The molecule has 1 aromatic heterocycles. The van der Waals surface area contributed by atoms with Gasteiger partial charge in [0.2, 0.25) is 0 Å². The number of nitrogens with zero attached hydrogens (tertiary/aromatic N) is 2. The fourth-order valence-electron chi connectivity index (χ4n) is 2.49. The molecule has 0 unspecified atom stereocenters. The normalized spacial score (nSPS) is 15.1. The van der Waals surface area contributed by atoms with Gasteiger partial charge < -0.3 is 10.0 Å². The fraction of sp³-hybridized carbons (Fsp3) is 0.625. The predicted molar refractivity (Wildman–Crippen MR) is 83.7 cm³/mol. The first kappa shape index (κ1) is 16.2. The van der Waals surface area contributed by atoms with Crippen molar-refractivity contribution in [3.05, 3.63) is 28.5 Å². The Morgan fingerprint density at radius 2 is 2.19 bits per heavy atom. The highest BCUT2D eigenvalue weighted by Crippen LogP contribution is 2.27. The van der Waals surface area contributed by atoms with Crippen LogP contribution in [0.15, 0.2) is 12.1 Å².